The molecule has 0 saturated heterocycles. The molecule has 1 heterocycles. The van der Waals surface area contributed by atoms with E-state index in [9.17, 15) is 18.0 Å². The summed E-state index contributed by atoms with van der Waals surface area (Å²) in [6, 6.07) is 5.86. The highest BCUT2D eigenvalue weighted by Crippen LogP contribution is 2.34. The minimum absolute atomic E-state index is 0.252. The van der Waals surface area contributed by atoms with E-state index < -0.39 is 12.5 Å². The van der Waals surface area contributed by atoms with Crippen LogP contribution < -0.4 is 4.74 Å². The Hall–Kier alpha value is -2.18. The molecule has 0 saturated carbocycles. The van der Waals surface area contributed by atoms with E-state index >= 15 is 0 Å². The van der Waals surface area contributed by atoms with Crippen molar-refractivity contribution in [3.8, 4) is 5.75 Å². The van der Waals surface area contributed by atoms with Gasteiger partial charge in [-0.05, 0) is 35.1 Å². The molecular formula is C16H18F3NO3. The van der Waals surface area contributed by atoms with Gasteiger partial charge in [0.2, 0.25) is 0 Å². The van der Waals surface area contributed by atoms with E-state index in [2.05, 4.69) is 4.74 Å². The molecule has 4 nitrogen and oxygen atoms in total. The molecule has 0 spiro atoms. The fourth-order valence-corrected chi connectivity index (χ4v) is 2.67. The first-order chi connectivity index (χ1) is 10.6. The summed E-state index contributed by atoms with van der Waals surface area (Å²) < 4.78 is 40.8. The van der Waals surface area contributed by atoms with Crippen molar-refractivity contribution < 1.29 is 27.8 Å². The smallest absolute Gasteiger partial charge is 0.465 e. The van der Waals surface area contributed by atoms with Gasteiger partial charge < -0.3 is 14.7 Å². The second kappa shape index (κ2) is 6.14. The van der Waals surface area contributed by atoms with Crippen molar-refractivity contribution in [1.29, 1.82) is 0 Å². The molecule has 7 heteroatoms. The van der Waals surface area contributed by atoms with Crippen LogP contribution in [0.4, 0.5) is 18.0 Å². The van der Waals surface area contributed by atoms with Crippen molar-refractivity contribution in [3.05, 3.63) is 41.5 Å². The Balaban J connectivity index is 2.09. The first-order valence-electron chi connectivity index (χ1n) is 7.09. The maximum absolute atomic E-state index is 12.3. The van der Waals surface area contributed by atoms with Crippen molar-refractivity contribution in [3.63, 3.8) is 0 Å². The summed E-state index contributed by atoms with van der Waals surface area (Å²) in [5.74, 6) is -0.252. The van der Waals surface area contributed by atoms with E-state index in [4.69, 9.17) is 5.11 Å². The number of benzene rings is 1. The summed E-state index contributed by atoms with van der Waals surface area (Å²) >= 11 is 0. The number of carboxylic acid groups (broad SMARTS) is 1. The summed E-state index contributed by atoms with van der Waals surface area (Å²) in [5.41, 5.74) is 1.30. The van der Waals surface area contributed by atoms with E-state index in [1.54, 1.807) is 6.07 Å². The normalized spacial score (nSPS) is 15.5. The number of alkyl halides is 3. The quantitative estimate of drug-likeness (QED) is 0.847. The van der Waals surface area contributed by atoms with Crippen LogP contribution in [0.15, 0.2) is 35.9 Å². The van der Waals surface area contributed by atoms with Crippen molar-refractivity contribution >= 4 is 6.09 Å². The van der Waals surface area contributed by atoms with E-state index in [0.29, 0.717) is 25.1 Å². The topological polar surface area (TPSA) is 49.8 Å². The molecule has 0 atom stereocenters. The number of ether oxygens (including phenoxy) is 1. The third kappa shape index (κ3) is 4.64. The van der Waals surface area contributed by atoms with Gasteiger partial charge in [0.15, 0.2) is 0 Å². The van der Waals surface area contributed by atoms with Crippen LogP contribution in [0.25, 0.3) is 0 Å². The number of halogens is 3. The van der Waals surface area contributed by atoms with Crippen molar-refractivity contribution in [1.82, 2.24) is 4.90 Å². The highest BCUT2D eigenvalue weighted by atomic mass is 19.4. The summed E-state index contributed by atoms with van der Waals surface area (Å²) in [6.07, 6.45) is -3.34. The molecule has 126 valence electrons. The Kier molecular flexibility index (Phi) is 4.58. The van der Waals surface area contributed by atoms with Gasteiger partial charge in [-0.3, -0.25) is 0 Å². The molecule has 0 unspecified atom stereocenters. The number of carbonyl (C=O) groups is 1. The first kappa shape index (κ1) is 17.2. The van der Waals surface area contributed by atoms with E-state index in [-0.39, 0.29) is 11.2 Å². The van der Waals surface area contributed by atoms with Gasteiger partial charge in [-0.1, -0.05) is 32.1 Å². The van der Waals surface area contributed by atoms with Crippen LogP contribution in [-0.2, 0) is 6.42 Å². The fourth-order valence-electron chi connectivity index (χ4n) is 2.67. The van der Waals surface area contributed by atoms with Crippen LogP contribution in [0.1, 0.15) is 19.4 Å². The second-order valence-electron chi connectivity index (χ2n) is 6.15. The summed E-state index contributed by atoms with van der Waals surface area (Å²) in [4.78, 5) is 12.3. The SMILES string of the molecule is CC(C)(Cc1cccc(OC(F)(F)F)c1)C1=CCN(C(=O)O)C1. The van der Waals surface area contributed by atoms with Gasteiger partial charge in [0.05, 0.1) is 0 Å². The van der Waals surface area contributed by atoms with Crippen LogP contribution in [0.2, 0.25) is 0 Å². The zero-order valence-electron chi connectivity index (χ0n) is 12.9. The molecule has 0 bridgehead atoms. The largest absolute Gasteiger partial charge is 0.573 e. The summed E-state index contributed by atoms with van der Waals surface area (Å²) in [6.45, 7) is 4.55. The Morgan fingerprint density at radius 2 is 2.04 bits per heavy atom. The third-order valence-corrected chi connectivity index (χ3v) is 3.84. The molecule has 23 heavy (non-hydrogen) atoms. The zero-order chi connectivity index (χ0) is 17.3. The molecule has 1 aromatic carbocycles. The Morgan fingerprint density at radius 1 is 1.35 bits per heavy atom. The zero-order valence-corrected chi connectivity index (χ0v) is 12.9. The molecule has 2 rings (SSSR count). The molecule has 0 aliphatic carbocycles. The molecule has 0 aromatic heterocycles. The lowest BCUT2D eigenvalue weighted by Gasteiger charge is -2.27. The Bertz CT molecular complexity index is 623. The maximum Gasteiger partial charge on any atom is 0.573 e. The lowest BCUT2D eigenvalue weighted by Crippen LogP contribution is -2.30. The molecule has 1 aliphatic heterocycles. The average Bonchev–Trinajstić information content (AvgIpc) is 2.86. The number of rotatable bonds is 4. The Labute approximate surface area is 132 Å². The number of nitrogens with zero attached hydrogens (tertiary/aromatic N) is 1. The molecular weight excluding hydrogens is 311 g/mol. The molecule has 1 N–H and O–H groups in total. The van der Waals surface area contributed by atoms with Gasteiger partial charge in [0.1, 0.15) is 5.75 Å². The van der Waals surface area contributed by atoms with Gasteiger partial charge in [0, 0.05) is 13.1 Å². The molecule has 0 radical (unpaired) electrons. The van der Waals surface area contributed by atoms with Crippen molar-refractivity contribution in [2.45, 2.75) is 26.6 Å². The highest BCUT2D eigenvalue weighted by molar-refractivity contribution is 5.66. The molecule has 1 amide bonds. The molecule has 0 fully saturated rings. The predicted molar refractivity (Wildman–Crippen MR) is 78.3 cm³/mol. The summed E-state index contributed by atoms with van der Waals surface area (Å²) in [7, 11) is 0. The first-order valence-corrected chi connectivity index (χ1v) is 7.09. The highest BCUT2D eigenvalue weighted by Gasteiger charge is 2.32. The van der Waals surface area contributed by atoms with E-state index in [0.717, 1.165) is 5.57 Å². The number of hydrogen-bond acceptors (Lipinski definition) is 2. The minimum atomic E-state index is -4.72. The van der Waals surface area contributed by atoms with Crippen LogP contribution in [0.5, 0.6) is 5.75 Å². The van der Waals surface area contributed by atoms with E-state index in [1.165, 1.54) is 23.1 Å². The van der Waals surface area contributed by atoms with Crippen LogP contribution in [0.3, 0.4) is 0 Å². The average molecular weight is 329 g/mol. The van der Waals surface area contributed by atoms with Crippen LogP contribution in [-0.4, -0.2) is 35.6 Å². The van der Waals surface area contributed by atoms with Crippen molar-refractivity contribution in [2.75, 3.05) is 13.1 Å². The van der Waals surface area contributed by atoms with Gasteiger partial charge >= 0.3 is 12.5 Å². The number of hydrogen-bond donors (Lipinski definition) is 1. The molecule has 1 aliphatic rings. The fraction of sp³-hybridized carbons (Fsp3) is 0.438. The Morgan fingerprint density at radius 3 is 2.61 bits per heavy atom. The summed E-state index contributed by atoms with van der Waals surface area (Å²) in [5, 5.41) is 9.00. The van der Waals surface area contributed by atoms with Crippen LogP contribution >= 0.6 is 0 Å². The monoisotopic (exact) mass is 329 g/mol. The lowest BCUT2D eigenvalue weighted by atomic mass is 9.79. The van der Waals surface area contributed by atoms with Gasteiger partial charge in [-0.25, -0.2) is 4.79 Å². The lowest BCUT2D eigenvalue weighted by molar-refractivity contribution is -0.274. The predicted octanol–water partition coefficient (Wildman–Crippen LogP) is 4.07. The third-order valence-electron chi connectivity index (χ3n) is 3.84. The van der Waals surface area contributed by atoms with Gasteiger partial charge in [-0.2, -0.15) is 0 Å². The van der Waals surface area contributed by atoms with Crippen molar-refractivity contribution in [2.24, 2.45) is 5.41 Å². The van der Waals surface area contributed by atoms with E-state index in [1.807, 2.05) is 19.9 Å². The second-order valence-corrected chi connectivity index (χ2v) is 6.15. The number of amides is 1. The van der Waals surface area contributed by atoms with Gasteiger partial charge in [-0.15, -0.1) is 13.2 Å². The minimum Gasteiger partial charge on any atom is -0.465 e. The standard InChI is InChI=1S/C16H18F3NO3/c1-15(2,12-6-7-20(10-12)14(21)22)9-11-4-3-5-13(8-11)23-16(17,18)19/h3-6,8H,7,9-10H2,1-2H3,(H,21,22). The maximum atomic E-state index is 12.3. The van der Waals surface area contributed by atoms with Crippen LogP contribution in [0, 0.1) is 5.41 Å². The van der Waals surface area contributed by atoms with Gasteiger partial charge in [0.25, 0.3) is 0 Å². The molecule has 1 aromatic rings.